The second kappa shape index (κ2) is 5.04. The van der Waals surface area contributed by atoms with Crippen LogP contribution in [0.25, 0.3) is 0 Å². The van der Waals surface area contributed by atoms with E-state index in [0.717, 1.165) is 43.4 Å². The van der Waals surface area contributed by atoms with E-state index in [9.17, 15) is 9.59 Å². The molecule has 0 amide bonds. The van der Waals surface area contributed by atoms with Gasteiger partial charge >= 0.3 is 0 Å². The number of carbonyl (C=O) groups is 2. The van der Waals surface area contributed by atoms with E-state index in [4.69, 9.17) is 0 Å². The lowest BCUT2D eigenvalue weighted by atomic mass is 9.47. The maximum Gasteiger partial charge on any atom is 0.155 e. The van der Waals surface area contributed by atoms with Crippen LogP contribution >= 0.6 is 0 Å². The predicted molar refractivity (Wildman–Crippen MR) is 90.9 cm³/mol. The largest absolute Gasteiger partial charge is 0.300 e. The van der Waals surface area contributed by atoms with E-state index in [0.29, 0.717) is 17.5 Å². The van der Waals surface area contributed by atoms with Crippen LogP contribution in [0.3, 0.4) is 0 Å². The van der Waals surface area contributed by atoms with Crippen LogP contribution in [0.2, 0.25) is 0 Å². The molecule has 0 aliphatic heterocycles. The van der Waals surface area contributed by atoms with E-state index in [-0.39, 0.29) is 10.8 Å². The van der Waals surface area contributed by atoms with Gasteiger partial charge in [-0.05, 0) is 86.5 Å². The lowest BCUT2D eigenvalue weighted by Crippen LogP contribution is -2.51. The molecule has 4 aliphatic rings. The molecule has 126 valence electrons. The molecule has 2 nitrogen and oxygen atoms in total. The van der Waals surface area contributed by atoms with E-state index in [1.54, 1.807) is 6.92 Å². The third-order valence-corrected chi connectivity index (χ3v) is 8.45. The summed E-state index contributed by atoms with van der Waals surface area (Å²) in [7, 11) is 0. The minimum atomic E-state index is 0.245. The Labute approximate surface area is 140 Å². The Balaban J connectivity index is 1.67. The first-order valence-corrected chi connectivity index (χ1v) is 9.60. The summed E-state index contributed by atoms with van der Waals surface area (Å²) >= 11 is 0. The quantitative estimate of drug-likeness (QED) is 0.701. The van der Waals surface area contributed by atoms with E-state index in [2.05, 4.69) is 13.8 Å². The molecule has 0 spiro atoms. The molecule has 4 rings (SSSR count). The SMILES string of the molecule is CC(=O)[C@H]1CCC2[C@H]3CCC4=CC(=O)CC[C@]4(C)[C@@H]3CC[C@@]21C. The summed E-state index contributed by atoms with van der Waals surface area (Å²) in [4.78, 5) is 24.0. The molecule has 0 radical (unpaired) electrons. The van der Waals surface area contributed by atoms with Gasteiger partial charge in [0, 0.05) is 12.3 Å². The molecule has 0 saturated heterocycles. The fraction of sp³-hybridized carbons (Fsp3) is 0.810. The molecule has 0 heterocycles. The predicted octanol–water partition coefficient (Wildman–Crippen LogP) is 4.72. The number of hydrogen-bond donors (Lipinski definition) is 0. The van der Waals surface area contributed by atoms with Gasteiger partial charge < -0.3 is 0 Å². The van der Waals surface area contributed by atoms with Crippen molar-refractivity contribution in [2.75, 3.05) is 0 Å². The molecule has 3 saturated carbocycles. The summed E-state index contributed by atoms with van der Waals surface area (Å²) in [6.45, 7) is 6.65. The molecule has 3 fully saturated rings. The Morgan fingerprint density at radius 2 is 1.83 bits per heavy atom. The molecular weight excluding hydrogens is 284 g/mol. The fourth-order valence-electron chi connectivity index (χ4n) is 7.23. The lowest BCUT2D eigenvalue weighted by molar-refractivity contribution is -0.128. The summed E-state index contributed by atoms with van der Waals surface area (Å²) < 4.78 is 0. The van der Waals surface area contributed by atoms with Gasteiger partial charge in [-0.25, -0.2) is 0 Å². The Kier molecular flexibility index (Phi) is 3.42. The smallest absolute Gasteiger partial charge is 0.155 e. The van der Waals surface area contributed by atoms with Crippen LogP contribution in [0, 0.1) is 34.5 Å². The molecule has 0 aromatic heterocycles. The molecule has 4 aliphatic carbocycles. The topological polar surface area (TPSA) is 34.1 Å². The van der Waals surface area contributed by atoms with Crippen molar-refractivity contribution in [2.24, 2.45) is 34.5 Å². The molecule has 0 aromatic carbocycles. The highest BCUT2D eigenvalue weighted by Crippen LogP contribution is 2.66. The second-order valence-electron chi connectivity index (χ2n) is 9.25. The zero-order valence-corrected chi connectivity index (χ0v) is 14.9. The molecular formula is C21H30O2. The molecule has 2 heteroatoms. The van der Waals surface area contributed by atoms with Crippen molar-refractivity contribution in [1.82, 2.24) is 0 Å². The van der Waals surface area contributed by atoms with Gasteiger partial charge in [0.1, 0.15) is 5.78 Å². The van der Waals surface area contributed by atoms with Gasteiger partial charge in [-0.15, -0.1) is 0 Å². The summed E-state index contributed by atoms with van der Waals surface area (Å²) in [5.41, 5.74) is 1.95. The first-order chi connectivity index (χ1) is 10.9. The molecule has 1 unspecified atom stereocenters. The van der Waals surface area contributed by atoms with Gasteiger partial charge in [-0.2, -0.15) is 0 Å². The zero-order valence-electron chi connectivity index (χ0n) is 14.9. The maximum absolute atomic E-state index is 12.1. The third kappa shape index (κ3) is 2.06. The Morgan fingerprint density at radius 1 is 1.04 bits per heavy atom. The molecule has 0 aromatic rings. The normalized spacial score (nSPS) is 49.0. The number of ketones is 2. The van der Waals surface area contributed by atoms with Gasteiger partial charge in [0.2, 0.25) is 0 Å². The third-order valence-electron chi connectivity index (χ3n) is 8.45. The minimum absolute atomic E-state index is 0.245. The fourth-order valence-corrected chi connectivity index (χ4v) is 7.23. The Bertz CT molecular complexity index is 589. The van der Waals surface area contributed by atoms with Gasteiger partial charge in [-0.3, -0.25) is 9.59 Å². The molecule has 0 bridgehead atoms. The van der Waals surface area contributed by atoms with Gasteiger partial charge in [0.05, 0.1) is 0 Å². The number of Topliss-reactive ketones (excluding diaryl/α,β-unsaturated/α-hetero) is 1. The Hall–Kier alpha value is -0.920. The van der Waals surface area contributed by atoms with E-state index >= 15 is 0 Å². The summed E-state index contributed by atoms with van der Waals surface area (Å²) in [5.74, 6) is 3.29. The van der Waals surface area contributed by atoms with Crippen LogP contribution in [0.4, 0.5) is 0 Å². The van der Waals surface area contributed by atoms with Crippen LogP contribution in [0.5, 0.6) is 0 Å². The second-order valence-corrected chi connectivity index (χ2v) is 9.25. The molecule has 6 atom stereocenters. The average Bonchev–Trinajstić information content (AvgIpc) is 2.85. The van der Waals surface area contributed by atoms with E-state index in [1.165, 1.54) is 31.3 Å². The summed E-state index contributed by atoms with van der Waals surface area (Å²) in [5, 5.41) is 0. The monoisotopic (exact) mass is 314 g/mol. The highest BCUT2D eigenvalue weighted by molar-refractivity contribution is 5.91. The highest BCUT2D eigenvalue weighted by atomic mass is 16.1. The number of rotatable bonds is 1. The summed E-state index contributed by atoms with van der Waals surface area (Å²) in [6, 6.07) is 0. The summed E-state index contributed by atoms with van der Waals surface area (Å²) in [6.07, 6.45) is 10.9. The zero-order chi connectivity index (χ0) is 16.4. The van der Waals surface area contributed by atoms with E-state index < -0.39 is 0 Å². The number of allylic oxidation sites excluding steroid dienone is 1. The average molecular weight is 314 g/mol. The maximum atomic E-state index is 12.1. The van der Waals surface area contributed by atoms with Gasteiger partial charge in [0.15, 0.2) is 5.78 Å². The van der Waals surface area contributed by atoms with Crippen molar-refractivity contribution in [1.29, 1.82) is 0 Å². The van der Waals surface area contributed by atoms with Crippen molar-refractivity contribution < 1.29 is 9.59 Å². The first kappa shape index (κ1) is 15.6. The van der Waals surface area contributed by atoms with Crippen LogP contribution in [-0.2, 0) is 9.59 Å². The standard InChI is InChI=1S/C21H30O2/c1-13(22)17-6-7-18-16-5-4-14-12-15(23)8-10-20(14,2)19(16)9-11-21(17,18)3/h12,16-19H,4-11H2,1-3H3/t16-,17-,18?,19-,20+,21-/m1/s1. The van der Waals surface area contributed by atoms with Crippen LogP contribution < -0.4 is 0 Å². The van der Waals surface area contributed by atoms with Crippen molar-refractivity contribution in [2.45, 2.75) is 72.1 Å². The number of carbonyl (C=O) groups excluding carboxylic acids is 2. The van der Waals surface area contributed by atoms with E-state index in [1.807, 2.05) is 6.08 Å². The lowest BCUT2D eigenvalue weighted by Gasteiger charge is -2.58. The van der Waals surface area contributed by atoms with Crippen molar-refractivity contribution in [3.63, 3.8) is 0 Å². The van der Waals surface area contributed by atoms with Crippen LogP contribution in [0.15, 0.2) is 11.6 Å². The van der Waals surface area contributed by atoms with Gasteiger partial charge in [0.25, 0.3) is 0 Å². The highest BCUT2D eigenvalue weighted by Gasteiger charge is 2.59. The van der Waals surface area contributed by atoms with Crippen molar-refractivity contribution in [3.8, 4) is 0 Å². The minimum Gasteiger partial charge on any atom is -0.300 e. The first-order valence-electron chi connectivity index (χ1n) is 9.60. The van der Waals surface area contributed by atoms with Crippen LogP contribution in [-0.4, -0.2) is 11.6 Å². The van der Waals surface area contributed by atoms with Crippen molar-refractivity contribution >= 4 is 11.6 Å². The molecule has 23 heavy (non-hydrogen) atoms. The van der Waals surface area contributed by atoms with Crippen molar-refractivity contribution in [3.05, 3.63) is 11.6 Å². The molecule has 0 N–H and O–H groups in total. The number of hydrogen-bond acceptors (Lipinski definition) is 2. The Morgan fingerprint density at radius 3 is 2.57 bits per heavy atom. The van der Waals surface area contributed by atoms with Gasteiger partial charge in [-0.1, -0.05) is 19.4 Å². The number of fused-ring (bicyclic) bond motifs is 5. The van der Waals surface area contributed by atoms with Crippen LogP contribution in [0.1, 0.15) is 72.1 Å².